The molecule has 0 aliphatic rings. The Bertz CT molecular complexity index is 992. The third-order valence-corrected chi connectivity index (χ3v) is 3.92. The predicted octanol–water partition coefficient (Wildman–Crippen LogP) is 2.82. The average Bonchev–Trinajstić information content (AvgIpc) is 2.74. The number of carbonyl (C=O) groups is 2. The van der Waals surface area contributed by atoms with Gasteiger partial charge in [-0.3, -0.25) is 4.79 Å². The van der Waals surface area contributed by atoms with E-state index in [9.17, 15) is 19.8 Å². The lowest BCUT2D eigenvalue weighted by atomic mass is 10.0. The molecule has 7 nitrogen and oxygen atoms in total. The number of aromatic hydroxyl groups is 2. The molecule has 3 rings (SSSR count). The minimum absolute atomic E-state index is 0.159. The maximum absolute atomic E-state index is 12.1. The number of phenols is 2. The summed E-state index contributed by atoms with van der Waals surface area (Å²) in [7, 11) is 0. The smallest absolute Gasteiger partial charge is 0.342 e. The lowest BCUT2D eigenvalue weighted by Gasteiger charge is -2.09. The minimum Gasteiger partial charge on any atom is -0.508 e. The third kappa shape index (κ3) is 5.20. The standard InChI is InChI=1S/C22H18N2O5/c25-17-11-12-18(19(26)13-17)22(28)29-14-20(27)23-24-21(15-7-3-1-4-8-15)16-9-5-2-6-10-16/h1-13,25-26H,14H2,(H,23,27). The van der Waals surface area contributed by atoms with E-state index in [4.69, 9.17) is 4.74 Å². The van der Waals surface area contributed by atoms with Gasteiger partial charge in [0.1, 0.15) is 17.1 Å². The Kier molecular flexibility index (Phi) is 6.22. The van der Waals surface area contributed by atoms with Crippen LogP contribution in [0.25, 0.3) is 0 Å². The van der Waals surface area contributed by atoms with Gasteiger partial charge in [-0.2, -0.15) is 5.10 Å². The van der Waals surface area contributed by atoms with Crippen molar-refractivity contribution in [3.05, 3.63) is 95.6 Å². The number of amides is 1. The van der Waals surface area contributed by atoms with Crippen molar-refractivity contribution in [1.29, 1.82) is 0 Å². The molecule has 146 valence electrons. The largest absolute Gasteiger partial charge is 0.508 e. The molecule has 7 heteroatoms. The second-order valence-corrected chi connectivity index (χ2v) is 6.01. The number of esters is 1. The van der Waals surface area contributed by atoms with E-state index in [-0.39, 0.29) is 11.3 Å². The molecular weight excluding hydrogens is 372 g/mol. The highest BCUT2D eigenvalue weighted by atomic mass is 16.5. The molecule has 3 N–H and O–H groups in total. The third-order valence-electron chi connectivity index (χ3n) is 3.92. The van der Waals surface area contributed by atoms with Crippen LogP contribution in [0.5, 0.6) is 11.5 Å². The fourth-order valence-corrected chi connectivity index (χ4v) is 2.54. The van der Waals surface area contributed by atoms with E-state index in [1.807, 2.05) is 60.7 Å². The second-order valence-electron chi connectivity index (χ2n) is 6.01. The van der Waals surface area contributed by atoms with Gasteiger partial charge < -0.3 is 14.9 Å². The van der Waals surface area contributed by atoms with Crippen molar-refractivity contribution in [3.8, 4) is 11.5 Å². The Morgan fingerprint density at radius 3 is 2.00 bits per heavy atom. The Hall–Kier alpha value is -4.13. The van der Waals surface area contributed by atoms with Crippen LogP contribution in [0.3, 0.4) is 0 Å². The van der Waals surface area contributed by atoms with Gasteiger partial charge in [0.25, 0.3) is 5.91 Å². The van der Waals surface area contributed by atoms with E-state index >= 15 is 0 Å². The van der Waals surface area contributed by atoms with Crippen LogP contribution in [0, 0.1) is 0 Å². The summed E-state index contributed by atoms with van der Waals surface area (Å²) in [6, 6.07) is 22.1. The van der Waals surface area contributed by atoms with Gasteiger partial charge in [-0.05, 0) is 12.1 Å². The molecule has 1 amide bonds. The molecule has 3 aromatic carbocycles. The summed E-state index contributed by atoms with van der Waals surface area (Å²) in [6.45, 7) is -0.584. The molecule has 0 saturated heterocycles. The fourth-order valence-electron chi connectivity index (χ4n) is 2.54. The molecule has 3 aromatic rings. The molecule has 0 unspecified atom stereocenters. The topological polar surface area (TPSA) is 108 Å². The monoisotopic (exact) mass is 390 g/mol. The first-order chi connectivity index (χ1) is 14.0. The molecule has 0 spiro atoms. The van der Waals surface area contributed by atoms with Gasteiger partial charge in [0, 0.05) is 17.2 Å². The number of hydrogen-bond acceptors (Lipinski definition) is 6. The number of hydrogen-bond donors (Lipinski definition) is 3. The molecule has 0 saturated carbocycles. The normalized spacial score (nSPS) is 10.1. The Morgan fingerprint density at radius 2 is 1.45 bits per heavy atom. The first-order valence-electron chi connectivity index (χ1n) is 8.71. The number of nitrogens with zero attached hydrogens (tertiary/aromatic N) is 1. The molecule has 0 aliphatic carbocycles. The molecule has 0 aliphatic heterocycles. The Morgan fingerprint density at radius 1 is 0.862 bits per heavy atom. The van der Waals surface area contributed by atoms with Crippen LogP contribution in [0.4, 0.5) is 0 Å². The van der Waals surface area contributed by atoms with Crippen LogP contribution in [0.1, 0.15) is 21.5 Å². The van der Waals surface area contributed by atoms with Crippen molar-refractivity contribution >= 4 is 17.6 Å². The average molecular weight is 390 g/mol. The molecule has 0 aromatic heterocycles. The SMILES string of the molecule is O=C(COC(=O)c1ccc(O)cc1O)NN=C(c1ccccc1)c1ccccc1. The van der Waals surface area contributed by atoms with Crippen molar-refractivity contribution in [2.75, 3.05) is 6.61 Å². The highest BCUT2D eigenvalue weighted by molar-refractivity contribution is 6.13. The zero-order valence-corrected chi connectivity index (χ0v) is 15.3. The number of benzene rings is 3. The van der Waals surface area contributed by atoms with Crippen molar-refractivity contribution in [2.24, 2.45) is 5.10 Å². The summed E-state index contributed by atoms with van der Waals surface area (Å²) in [4.78, 5) is 24.1. The molecule has 0 bridgehead atoms. The van der Waals surface area contributed by atoms with Gasteiger partial charge in [-0.1, -0.05) is 60.7 Å². The zero-order chi connectivity index (χ0) is 20.6. The maximum atomic E-state index is 12.1. The predicted molar refractivity (Wildman–Crippen MR) is 107 cm³/mol. The van der Waals surface area contributed by atoms with Gasteiger partial charge in [-0.15, -0.1) is 0 Å². The zero-order valence-electron chi connectivity index (χ0n) is 15.3. The van der Waals surface area contributed by atoms with Crippen LogP contribution >= 0.6 is 0 Å². The highest BCUT2D eigenvalue weighted by Gasteiger charge is 2.15. The first-order valence-corrected chi connectivity index (χ1v) is 8.71. The number of ether oxygens (including phenoxy) is 1. The lowest BCUT2D eigenvalue weighted by Crippen LogP contribution is -2.26. The van der Waals surface area contributed by atoms with Gasteiger partial charge >= 0.3 is 5.97 Å². The van der Waals surface area contributed by atoms with Gasteiger partial charge in [-0.25, -0.2) is 10.2 Å². The summed E-state index contributed by atoms with van der Waals surface area (Å²) in [6.07, 6.45) is 0. The van der Waals surface area contributed by atoms with Gasteiger partial charge in [0.15, 0.2) is 6.61 Å². The quantitative estimate of drug-likeness (QED) is 0.341. The highest BCUT2D eigenvalue weighted by Crippen LogP contribution is 2.23. The van der Waals surface area contributed by atoms with Gasteiger partial charge in [0.05, 0.1) is 5.71 Å². The summed E-state index contributed by atoms with van der Waals surface area (Å²) >= 11 is 0. The summed E-state index contributed by atoms with van der Waals surface area (Å²) in [5.41, 5.74) is 4.40. The van der Waals surface area contributed by atoms with Crippen LogP contribution < -0.4 is 5.43 Å². The van der Waals surface area contributed by atoms with Crippen LogP contribution in [-0.2, 0) is 9.53 Å². The summed E-state index contributed by atoms with van der Waals surface area (Å²) in [5, 5.41) is 23.1. The van der Waals surface area contributed by atoms with E-state index in [1.54, 1.807) is 0 Å². The molecule has 29 heavy (non-hydrogen) atoms. The lowest BCUT2D eigenvalue weighted by molar-refractivity contribution is -0.124. The van der Waals surface area contributed by atoms with Crippen LogP contribution in [0.2, 0.25) is 0 Å². The minimum atomic E-state index is -0.895. The number of carbonyl (C=O) groups excluding carboxylic acids is 2. The molecule has 0 heterocycles. The fraction of sp³-hybridized carbons (Fsp3) is 0.0455. The summed E-state index contributed by atoms with van der Waals surface area (Å²) < 4.78 is 4.89. The second kappa shape index (κ2) is 9.18. The van der Waals surface area contributed by atoms with Gasteiger partial charge in [0.2, 0.25) is 0 Å². The Labute approximate surface area is 166 Å². The Balaban J connectivity index is 1.68. The first kappa shape index (κ1) is 19.6. The number of phenolic OH excluding ortho intramolecular Hbond substituents is 2. The van der Waals surface area contributed by atoms with Crippen molar-refractivity contribution in [1.82, 2.24) is 5.43 Å². The maximum Gasteiger partial charge on any atom is 0.342 e. The molecule has 0 fully saturated rings. The molecule has 0 radical (unpaired) electrons. The number of nitrogens with one attached hydrogen (secondary N) is 1. The van der Waals surface area contributed by atoms with Crippen molar-refractivity contribution in [3.63, 3.8) is 0 Å². The van der Waals surface area contributed by atoms with E-state index in [1.165, 1.54) is 12.1 Å². The van der Waals surface area contributed by atoms with E-state index in [0.29, 0.717) is 5.71 Å². The van der Waals surface area contributed by atoms with Crippen molar-refractivity contribution in [2.45, 2.75) is 0 Å². The van der Waals surface area contributed by atoms with E-state index in [2.05, 4.69) is 10.5 Å². The van der Waals surface area contributed by atoms with E-state index < -0.39 is 24.2 Å². The molecular formula is C22H18N2O5. The van der Waals surface area contributed by atoms with E-state index in [0.717, 1.165) is 17.2 Å². The number of hydrazone groups is 1. The van der Waals surface area contributed by atoms with Crippen molar-refractivity contribution < 1.29 is 24.5 Å². The molecule has 0 atom stereocenters. The van der Waals surface area contributed by atoms with Crippen LogP contribution in [0.15, 0.2) is 84.0 Å². The van der Waals surface area contributed by atoms with Crippen LogP contribution in [-0.4, -0.2) is 34.4 Å². The summed E-state index contributed by atoms with van der Waals surface area (Å²) in [5.74, 6) is -2.17. The number of rotatable bonds is 6.